The van der Waals surface area contributed by atoms with Crippen LogP contribution in [0, 0.1) is 0 Å². The zero-order chi connectivity index (χ0) is 26.4. The first-order valence-corrected chi connectivity index (χ1v) is 13.0. The van der Waals surface area contributed by atoms with Gasteiger partial charge in [-0.1, -0.05) is 30.3 Å². The van der Waals surface area contributed by atoms with Crippen molar-refractivity contribution < 1.29 is 42.7 Å². The number of rotatable bonds is 7. The maximum Gasteiger partial charge on any atom is 0.323 e. The van der Waals surface area contributed by atoms with Crippen molar-refractivity contribution in [1.29, 1.82) is 0 Å². The van der Waals surface area contributed by atoms with Gasteiger partial charge in [-0.2, -0.15) is 0 Å². The number of fused-ring (bicyclic) bond motifs is 1. The first kappa shape index (κ1) is 26.5. The highest BCUT2D eigenvalue weighted by Gasteiger charge is 2.60. The predicted octanol–water partition coefficient (Wildman–Crippen LogP) is 2.52. The number of ether oxygens (including phenoxy) is 7. The molecule has 4 saturated heterocycles. The predicted molar refractivity (Wildman–Crippen MR) is 129 cm³/mol. The van der Waals surface area contributed by atoms with E-state index in [1.807, 2.05) is 49.1 Å². The van der Waals surface area contributed by atoms with Crippen molar-refractivity contribution >= 4 is 11.9 Å². The summed E-state index contributed by atoms with van der Waals surface area (Å²) in [6.45, 7) is 10.1. The number of esters is 2. The molecule has 4 heterocycles. The molecule has 0 aliphatic carbocycles. The molecule has 0 unspecified atom stereocenters. The van der Waals surface area contributed by atoms with Crippen molar-refractivity contribution in [2.75, 3.05) is 13.2 Å². The van der Waals surface area contributed by atoms with Gasteiger partial charge in [-0.05, 0) is 59.6 Å². The molecule has 4 aliphatic rings. The Morgan fingerprint density at radius 3 is 2.51 bits per heavy atom. The summed E-state index contributed by atoms with van der Waals surface area (Å²) in [5.74, 6) is -2.44. The Hall–Kier alpha value is -2.08. The zero-order valence-corrected chi connectivity index (χ0v) is 22.1. The maximum atomic E-state index is 13.4. The molecule has 0 N–H and O–H groups in total. The second kappa shape index (κ2) is 10.2. The molecule has 7 atom stereocenters. The first-order chi connectivity index (χ1) is 17.5. The minimum atomic E-state index is -0.870. The van der Waals surface area contributed by atoms with Crippen molar-refractivity contribution in [2.45, 2.75) is 108 Å². The van der Waals surface area contributed by atoms with Crippen LogP contribution in [0.25, 0.3) is 0 Å². The molecule has 1 aromatic carbocycles. The van der Waals surface area contributed by atoms with Gasteiger partial charge in [0.25, 0.3) is 0 Å². The Morgan fingerprint density at radius 2 is 1.81 bits per heavy atom. The average molecular weight is 520 g/mol. The van der Waals surface area contributed by atoms with Crippen molar-refractivity contribution in [3.05, 3.63) is 35.9 Å². The fourth-order valence-electron chi connectivity index (χ4n) is 5.51. The largest absolute Gasteiger partial charge is 0.460 e. The second-order valence-corrected chi connectivity index (χ2v) is 11.0. The lowest BCUT2D eigenvalue weighted by molar-refractivity contribution is -0.236. The van der Waals surface area contributed by atoms with Crippen molar-refractivity contribution in [3.8, 4) is 0 Å². The van der Waals surface area contributed by atoms with Crippen molar-refractivity contribution in [2.24, 2.45) is 0 Å². The summed E-state index contributed by atoms with van der Waals surface area (Å²) in [5.41, 5.74) is 0.915. The van der Waals surface area contributed by atoms with E-state index in [2.05, 4.69) is 0 Å². The van der Waals surface area contributed by atoms with Gasteiger partial charge in [-0.15, -0.1) is 0 Å². The Bertz CT molecular complexity index is 983. The Labute approximate surface area is 217 Å². The van der Waals surface area contributed by atoms with Gasteiger partial charge in [0.1, 0.15) is 30.9 Å². The Kier molecular flexibility index (Phi) is 7.34. The van der Waals surface area contributed by atoms with E-state index in [1.165, 1.54) is 0 Å². The summed E-state index contributed by atoms with van der Waals surface area (Å²) in [7, 11) is 0. The normalized spacial score (nSPS) is 35.3. The molecule has 5 rings (SSSR count). The molecule has 0 bridgehead atoms. The van der Waals surface area contributed by atoms with Gasteiger partial charge in [0.15, 0.2) is 30.1 Å². The van der Waals surface area contributed by atoms with E-state index in [0.29, 0.717) is 19.6 Å². The second-order valence-electron chi connectivity index (χ2n) is 11.0. The molecule has 0 saturated carbocycles. The number of hydrogen-bond donors (Lipinski definition) is 0. The molecule has 10 heteroatoms. The van der Waals surface area contributed by atoms with E-state index in [1.54, 1.807) is 20.8 Å². The lowest BCUT2D eigenvalue weighted by atomic mass is 10.1. The molecule has 10 nitrogen and oxygen atoms in total. The third kappa shape index (κ3) is 5.69. The van der Waals surface area contributed by atoms with E-state index < -0.39 is 60.3 Å². The smallest absolute Gasteiger partial charge is 0.323 e. The summed E-state index contributed by atoms with van der Waals surface area (Å²) < 4.78 is 41.4. The quantitative estimate of drug-likeness (QED) is 0.500. The number of likely N-dealkylation sites (tertiary alicyclic amines) is 1. The van der Waals surface area contributed by atoms with Gasteiger partial charge in [0, 0.05) is 0 Å². The summed E-state index contributed by atoms with van der Waals surface area (Å²) in [6.07, 6.45) is -1.70. The molecule has 0 aromatic heterocycles. The van der Waals surface area contributed by atoms with E-state index in [-0.39, 0.29) is 12.6 Å². The molecule has 204 valence electrons. The minimum Gasteiger partial charge on any atom is -0.460 e. The van der Waals surface area contributed by atoms with E-state index in [0.717, 1.165) is 12.0 Å². The number of benzene rings is 1. The summed E-state index contributed by atoms with van der Waals surface area (Å²) in [5, 5.41) is 0. The minimum absolute atomic E-state index is 0.194. The van der Waals surface area contributed by atoms with Crippen LogP contribution in [0.4, 0.5) is 0 Å². The van der Waals surface area contributed by atoms with E-state index in [9.17, 15) is 9.59 Å². The summed E-state index contributed by atoms with van der Waals surface area (Å²) in [4.78, 5) is 28.2. The molecule has 4 fully saturated rings. The van der Waals surface area contributed by atoms with Gasteiger partial charge in [-0.25, -0.2) is 0 Å². The standard InChI is InChI=1S/C27H37NO9/c1-16(28-13-9-12-18(28)24(30)31-14-17-10-7-6-8-11-17)23(29)33-21-20(19-15-32-26(2,3)35-19)34-25-22(21)36-27(4,5)37-25/h6-8,10-11,16,18-22,25H,9,12-15H2,1-5H3/t16-,18-,19+,20+,21-,22+,25+/m0/s1. The first-order valence-electron chi connectivity index (χ1n) is 13.0. The molecule has 0 radical (unpaired) electrons. The molecule has 1 aromatic rings. The van der Waals surface area contributed by atoms with Gasteiger partial charge >= 0.3 is 11.9 Å². The fourth-order valence-corrected chi connectivity index (χ4v) is 5.51. The highest BCUT2D eigenvalue weighted by molar-refractivity contribution is 5.80. The van der Waals surface area contributed by atoms with Crippen LogP contribution in [0.3, 0.4) is 0 Å². The third-order valence-electron chi connectivity index (χ3n) is 7.30. The van der Waals surface area contributed by atoms with E-state index >= 15 is 0 Å². The van der Waals surface area contributed by atoms with E-state index in [4.69, 9.17) is 33.2 Å². The number of carbonyl (C=O) groups excluding carboxylic acids is 2. The lowest BCUT2D eigenvalue weighted by Gasteiger charge is -2.32. The lowest BCUT2D eigenvalue weighted by Crippen LogP contribution is -2.50. The van der Waals surface area contributed by atoms with Gasteiger partial charge in [-0.3, -0.25) is 14.5 Å². The van der Waals surface area contributed by atoms with Crippen LogP contribution in [0.2, 0.25) is 0 Å². The monoisotopic (exact) mass is 519 g/mol. The van der Waals surface area contributed by atoms with Crippen molar-refractivity contribution in [3.63, 3.8) is 0 Å². The van der Waals surface area contributed by atoms with Gasteiger partial charge < -0.3 is 33.2 Å². The molecule has 37 heavy (non-hydrogen) atoms. The van der Waals surface area contributed by atoms with Crippen LogP contribution < -0.4 is 0 Å². The third-order valence-corrected chi connectivity index (χ3v) is 7.30. The summed E-state index contributed by atoms with van der Waals surface area (Å²) >= 11 is 0. The summed E-state index contributed by atoms with van der Waals surface area (Å²) in [6, 6.07) is 8.36. The highest BCUT2D eigenvalue weighted by Crippen LogP contribution is 2.42. The van der Waals surface area contributed by atoms with Crippen LogP contribution >= 0.6 is 0 Å². The Balaban J connectivity index is 1.24. The highest BCUT2D eigenvalue weighted by atomic mass is 16.8. The fraction of sp³-hybridized carbons (Fsp3) is 0.704. The van der Waals surface area contributed by atoms with Crippen LogP contribution in [-0.2, 0) is 49.4 Å². The van der Waals surface area contributed by atoms with Crippen LogP contribution in [-0.4, -0.2) is 84.4 Å². The number of nitrogens with zero attached hydrogens (tertiary/aromatic N) is 1. The average Bonchev–Trinajstić information content (AvgIpc) is 3.61. The van der Waals surface area contributed by atoms with Crippen LogP contribution in [0.15, 0.2) is 30.3 Å². The molecule has 0 amide bonds. The molecule has 0 spiro atoms. The molecular weight excluding hydrogens is 482 g/mol. The SMILES string of the molecule is C[C@@H](C(=O)O[C@@H]1[C@H]2OC(C)(C)O[C@H]2O[C@@H]1[C@H]1COC(C)(C)O1)N1CCC[C@H]1C(=O)OCc1ccccc1. The zero-order valence-electron chi connectivity index (χ0n) is 22.1. The maximum absolute atomic E-state index is 13.4. The number of carbonyl (C=O) groups is 2. The molecular formula is C27H37NO9. The Morgan fingerprint density at radius 1 is 1.05 bits per heavy atom. The van der Waals surface area contributed by atoms with Gasteiger partial charge in [0.2, 0.25) is 0 Å². The van der Waals surface area contributed by atoms with Crippen LogP contribution in [0.1, 0.15) is 53.0 Å². The number of hydrogen-bond acceptors (Lipinski definition) is 10. The topological polar surface area (TPSA) is 102 Å². The van der Waals surface area contributed by atoms with Crippen LogP contribution in [0.5, 0.6) is 0 Å². The van der Waals surface area contributed by atoms with Gasteiger partial charge in [0.05, 0.1) is 6.61 Å². The van der Waals surface area contributed by atoms with Crippen molar-refractivity contribution in [1.82, 2.24) is 4.90 Å². The molecule has 4 aliphatic heterocycles.